The molecule has 0 saturated heterocycles. The number of hydrogen-bond donors (Lipinski definition) is 2. The van der Waals surface area contributed by atoms with E-state index in [1.54, 1.807) is 13.2 Å². The number of anilines is 1. The third-order valence-corrected chi connectivity index (χ3v) is 4.92. The number of benzene rings is 2. The average molecular weight is 364 g/mol. The Kier molecular flexibility index (Phi) is 5.86. The zero-order valence-electron chi connectivity index (χ0n) is 14.5. The van der Waals surface area contributed by atoms with Crippen molar-refractivity contribution in [3.05, 3.63) is 77.6 Å². The normalized spacial score (nSPS) is 10.5. The largest absolute Gasteiger partial charge is 0.382 e. The highest BCUT2D eigenvalue weighted by molar-refractivity contribution is 7.97. The third-order valence-electron chi connectivity index (χ3n) is 3.85. The molecule has 0 fully saturated rings. The number of nitrogens with zero attached hydrogens (tertiary/aromatic N) is 2. The smallest absolute Gasteiger partial charge is 0.273 e. The summed E-state index contributed by atoms with van der Waals surface area (Å²) >= 11 is 1.86. The van der Waals surface area contributed by atoms with Gasteiger partial charge in [-0.3, -0.25) is 4.79 Å². The maximum atomic E-state index is 11.9. The third kappa shape index (κ3) is 4.40. The molecule has 3 rings (SSSR count). The molecule has 0 saturated carbocycles. The molecule has 132 valence electrons. The fourth-order valence-electron chi connectivity index (χ4n) is 2.50. The molecule has 0 radical (unpaired) electrons. The molecule has 6 heteroatoms. The Morgan fingerprint density at radius 2 is 1.81 bits per heavy atom. The number of carbonyl (C=O) groups excluding carboxylic acids is 1. The molecule has 1 aromatic heterocycles. The van der Waals surface area contributed by atoms with E-state index in [0.717, 1.165) is 17.1 Å². The number of nitrogens with one attached hydrogen (secondary N) is 1. The van der Waals surface area contributed by atoms with E-state index in [4.69, 9.17) is 5.73 Å². The number of amides is 1. The average Bonchev–Trinajstić information content (AvgIpc) is 2.69. The van der Waals surface area contributed by atoms with Gasteiger partial charge in [0.1, 0.15) is 0 Å². The molecule has 0 spiro atoms. The van der Waals surface area contributed by atoms with Crippen molar-refractivity contribution in [2.45, 2.75) is 11.5 Å². The van der Waals surface area contributed by atoms with E-state index in [-0.39, 0.29) is 17.4 Å². The van der Waals surface area contributed by atoms with E-state index in [1.807, 2.05) is 30.0 Å². The molecule has 1 amide bonds. The number of carbonyl (C=O) groups is 1. The zero-order valence-corrected chi connectivity index (χ0v) is 15.3. The highest BCUT2D eigenvalue weighted by Crippen LogP contribution is 2.23. The predicted molar refractivity (Wildman–Crippen MR) is 107 cm³/mol. The van der Waals surface area contributed by atoms with E-state index in [1.165, 1.54) is 11.1 Å². The molecule has 1 heterocycles. The van der Waals surface area contributed by atoms with Crippen molar-refractivity contribution in [1.82, 2.24) is 15.3 Å². The summed E-state index contributed by atoms with van der Waals surface area (Å²) in [7, 11) is 1.54. The van der Waals surface area contributed by atoms with Crippen LogP contribution in [0.4, 0.5) is 5.82 Å². The van der Waals surface area contributed by atoms with E-state index < -0.39 is 0 Å². The van der Waals surface area contributed by atoms with Gasteiger partial charge in [0.05, 0.1) is 11.9 Å². The van der Waals surface area contributed by atoms with E-state index >= 15 is 0 Å². The minimum absolute atomic E-state index is 0.127. The lowest BCUT2D eigenvalue weighted by molar-refractivity contribution is 0.0959. The van der Waals surface area contributed by atoms with Crippen molar-refractivity contribution in [2.24, 2.45) is 0 Å². The molecule has 3 aromatic rings. The van der Waals surface area contributed by atoms with Crippen molar-refractivity contribution < 1.29 is 4.79 Å². The van der Waals surface area contributed by atoms with Crippen LogP contribution in [-0.4, -0.2) is 22.9 Å². The fraction of sp³-hybridized carbons (Fsp3) is 0.150. The number of thioether (sulfide) groups is 1. The van der Waals surface area contributed by atoms with Crippen molar-refractivity contribution in [1.29, 1.82) is 0 Å². The lowest BCUT2D eigenvalue weighted by Crippen LogP contribution is -2.21. The van der Waals surface area contributed by atoms with Gasteiger partial charge in [0.2, 0.25) is 0 Å². The van der Waals surface area contributed by atoms with Crippen LogP contribution in [0, 0.1) is 0 Å². The Balaban J connectivity index is 1.74. The molecule has 0 aliphatic rings. The van der Waals surface area contributed by atoms with Crippen LogP contribution in [-0.2, 0) is 11.5 Å². The van der Waals surface area contributed by atoms with Crippen LogP contribution in [0.2, 0.25) is 0 Å². The van der Waals surface area contributed by atoms with Gasteiger partial charge < -0.3 is 11.1 Å². The Labute approximate surface area is 157 Å². The van der Waals surface area contributed by atoms with Gasteiger partial charge in [-0.2, -0.15) is 11.8 Å². The molecule has 3 N–H and O–H groups in total. The van der Waals surface area contributed by atoms with Gasteiger partial charge in [-0.15, -0.1) is 0 Å². The van der Waals surface area contributed by atoms with Crippen LogP contribution in [0.3, 0.4) is 0 Å². The molecule has 5 nitrogen and oxygen atoms in total. The Morgan fingerprint density at radius 3 is 2.58 bits per heavy atom. The summed E-state index contributed by atoms with van der Waals surface area (Å²) in [4.78, 5) is 20.3. The van der Waals surface area contributed by atoms with Gasteiger partial charge in [-0.1, -0.05) is 48.5 Å². The molecule has 0 aliphatic carbocycles. The zero-order chi connectivity index (χ0) is 18.4. The first kappa shape index (κ1) is 17.9. The second kappa shape index (κ2) is 8.49. The molecule has 0 bridgehead atoms. The lowest BCUT2D eigenvalue weighted by Gasteiger charge is -2.08. The van der Waals surface area contributed by atoms with Crippen molar-refractivity contribution in [3.8, 4) is 11.3 Å². The molecule has 26 heavy (non-hydrogen) atoms. The van der Waals surface area contributed by atoms with Crippen LogP contribution in [0.1, 0.15) is 21.6 Å². The second-order valence-corrected chi connectivity index (χ2v) is 6.73. The summed E-state index contributed by atoms with van der Waals surface area (Å²) in [5, 5.41) is 2.53. The van der Waals surface area contributed by atoms with Gasteiger partial charge in [0.25, 0.3) is 5.91 Å². The van der Waals surface area contributed by atoms with E-state index in [2.05, 4.69) is 51.7 Å². The molecular weight excluding hydrogens is 344 g/mol. The lowest BCUT2D eigenvalue weighted by atomic mass is 10.1. The molecular formula is C20H20N4OS. The number of nitrogen functional groups attached to an aromatic ring is 1. The highest BCUT2D eigenvalue weighted by atomic mass is 32.2. The maximum Gasteiger partial charge on any atom is 0.273 e. The van der Waals surface area contributed by atoms with Gasteiger partial charge >= 0.3 is 0 Å². The molecule has 0 aliphatic heterocycles. The summed E-state index contributed by atoms with van der Waals surface area (Å²) in [5.74, 6) is 1.65. The van der Waals surface area contributed by atoms with Crippen molar-refractivity contribution in [3.63, 3.8) is 0 Å². The monoisotopic (exact) mass is 364 g/mol. The Hall–Kier alpha value is -2.86. The topological polar surface area (TPSA) is 80.9 Å². The SMILES string of the molecule is CNC(=O)c1nc(-c2cccc(CSCc3ccccc3)c2)cnc1N. The number of hydrogen-bond acceptors (Lipinski definition) is 5. The van der Waals surface area contributed by atoms with Gasteiger partial charge in [0.15, 0.2) is 11.5 Å². The standard InChI is InChI=1S/C20H20N4OS/c1-22-20(25)18-19(21)23-11-17(24-18)16-9-5-8-15(10-16)13-26-12-14-6-3-2-4-7-14/h2-11H,12-13H2,1H3,(H2,21,23)(H,22,25). The maximum absolute atomic E-state index is 11.9. The summed E-state index contributed by atoms with van der Waals surface area (Å²) in [6.07, 6.45) is 1.60. The summed E-state index contributed by atoms with van der Waals surface area (Å²) in [6.45, 7) is 0. The minimum Gasteiger partial charge on any atom is -0.382 e. The van der Waals surface area contributed by atoms with Gasteiger partial charge in [-0.05, 0) is 17.2 Å². The number of nitrogens with two attached hydrogens (primary N) is 1. The number of aromatic nitrogens is 2. The highest BCUT2D eigenvalue weighted by Gasteiger charge is 2.13. The summed E-state index contributed by atoms with van der Waals surface area (Å²) in [6, 6.07) is 18.5. The first-order chi connectivity index (χ1) is 12.7. The first-order valence-corrected chi connectivity index (χ1v) is 9.38. The van der Waals surface area contributed by atoms with Gasteiger partial charge in [0, 0.05) is 24.1 Å². The Morgan fingerprint density at radius 1 is 1.08 bits per heavy atom. The van der Waals surface area contributed by atoms with Crippen LogP contribution < -0.4 is 11.1 Å². The fourth-order valence-corrected chi connectivity index (χ4v) is 3.45. The van der Waals surface area contributed by atoms with Crippen LogP contribution in [0.15, 0.2) is 60.8 Å². The van der Waals surface area contributed by atoms with Crippen LogP contribution in [0.5, 0.6) is 0 Å². The molecule has 2 aromatic carbocycles. The first-order valence-electron chi connectivity index (χ1n) is 8.23. The predicted octanol–water partition coefficient (Wildman–Crippen LogP) is 3.52. The second-order valence-electron chi connectivity index (χ2n) is 5.75. The van der Waals surface area contributed by atoms with Gasteiger partial charge in [-0.25, -0.2) is 9.97 Å². The van der Waals surface area contributed by atoms with Crippen molar-refractivity contribution in [2.75, 3.05) is 12.8 Å². The summed E-state index contributed by atoms with van der Waals surface area (Å²) < 4.78 is 0. The molecule has 0 atom stereocenters. The van der Waals surface area contributed by atoms with E-state index in [0.29, 0.717) is 5.69 Å². The Bertz CT molecular complexity index is 899. The van der Waals surface area contributed by atoms with E-state index in [9.17, 15) is 4.79 Å². The van der Waals surface area contributed by atoms with Crippen molar-refractivity contribution >= 4 is 23.5 Å². The van der Waals surface area contributed by atoms with Crippen LogP contribution in [0.25, 0.3) is 11.3 Å². The summed E-state index contributed by atoms with van der Waals surface area (Å²) in [5.41, 5.74) is 9.96. The quantitative estimate of drug-likeness (QED) is 0.699. The molecule has 0 unspecified atom stereocenters. The number of rotatable bonds is 6. The minimum atomic E-state index is -0.341. The van der Waals surface area contributed by atoms with Crippen LogP contribution >= 0.6 is 11.8 Å².